The Bertz CT molecular complexity index is 740. The van der Waals surface area contributed by atoms with Crippen LogP contribution < -0.4 is 5.32 Å². The average molecular weight is 372 g/mol. The summed E-state index contributed by atoms with van der Waals surface area (Å²) in [6.45, 7) is 3.10. The van der Waals surface area contributed by atoms with Gasteiger partial charge in [0.25, 0.3) is 17.7 Å². The third-order valence-electron chi connectivity index (χ3n) is 5.36. The van der Waals surface area contributed by atoms with E-state index in [0.29, 0.717) is 5.92 Å². The molecule has 3 atom stereocenters. The van der Waals surface area contributed by atoms with Crippen LogP contribution in [0.15, 0.2) is 24.3 Å². The van der Waals surface area contributed by atoms with Gasteiger partial charge in [0.05, 0.1) is 11.1 Å². The Hall–Kier alpha value is -2.70. The summed E-state index contributed by atoms with van der Waals surface area (Å²) in [5.41, 5.74) is 0.539. The highest BCUT2D eigenvalue weighted by molar-refractivity contribution is 6.22. The van der Waals surface area contributed by atoms with Crippen molar-refractivity contribution in [3.05, 3.63) is 35.4 Å². The number of hydrogen-bond acceptors (Lipinski definition) is 5. The first-order valence-corrected chi connectivity index (χ1v) is 9.33. The fourth-order valence-corrected chi connectivity index (χ4v) is 3.70. The van der Waals surface area contributed by atoms with Crippen molar-refractivity contribution in [3.8, 4) is 0 Å². The first-order valence-electron chi connectivity index (χ1n) is 9.33. The van der Waals surface area contributed by atoms with Gasteiger partial charge in [-0.3, -0.25) is 19.3 Å². The third-order valence-corrected chi connectivity index (χ3v) is 5.36. The fraction of sp³-hybridized carbons (Fsp3) is 0.500. The van der Waals surface area contributed by atoms with Crippen LogP contribution in [0.1, 0.15) is 60.2 Å². The first-order chi connectivity index (χ1) is 12.9. The number of esters is 1. The van der Waals surface area contributed by atoms with E-state index in [-0.39, 0.29) is 23.1 Å². The summed E-state index contributed by atoms with van der Waals surface area (Å²) < 4.78 is 5.05. The van der Waals surface area contributed by atoms with Crippen molar-refractivity contribution in [2.75, 3.05) is 6.61 Å². The SMILES string of the molecule is C[C@@H]1CCCC[C@@H]1NC(=O)COC(=O)[C@@H](C)N1C(=O)c2ccccc2C1=O. The molecular formula is C20H24N2O5. The molecule has 0 unspecified atom stereocenters. The Morgan fingerprint density at radius 2 is 1.74 bits per heavy atom. The second-order valence-electron chi connectivity index (χ2n) is 7.25. The second-order valence-corrected chi connectivity index (χ2v) is 7.25. The highest BCUT2D eigenvalue weighted by Crippen LogP contribution is 2.25. The highest BCUT2D eigenvalue weighted by Gasteiger charge is 2.41. The molecule has 1 heterocycles. The van der Waals surface area contributed by atoms with Crippen molar-refractivity contribution < 1.29 is 23.9 Å². The first kappa shape index (κ1) is 19.1. The number of amides is 3. The van der Waals surface area contributed by atoms with Crippen LogP contribution in [0.5, 0.6) is 0 Å². The van der Waals surface area contributed by atoms with E-state index in [9.17, 15) is 19.2 Å². The molecule has 1 saturated carbocycles. The van der Waals surface area contributed by atoms with Gasteiger partial charge in [0.2, 0.25) is 0 Å². The summed E-state index contributed by atoms with van der Waals surface area (Å²) in [5.74, 6) is -1.80. The summed E-state index contributed by atoms with van der Waals surface area (Å²) in [6, 6.07) is 5.41. The molecular weight excluding hydrogens is 348 g/mol. The number of fused-ring (bicyclic) bond motifs is 1. The third kappa shape index (κ3) is 3.86. The molecule has 1 fully saturated rings. The molecule has 27 heavy (non-hydrogen) atoms. The van der Waals surface area contributed by atoms with Crippen LogP contribution in [0.3, 0.4) is 0 Å². The van der Waals surface area contributed by atoms with Gasteiger partial charge in [-0.1, -0.05) is 31.9 Å². The molecule has 0 aromatic heterocycles. The van der Waals surface area contributed by atoms with Gasteiger partial charge in [-0.25, -0.2) is 4.79 Å². The van der Waals surface area contributed by atoms with Gasteiger partial charge in [-0.05, 0) is 37.8 Å². The molecule has 0 saturated heterocycles. The Balaban J connectivity index is 1.55. The molecule has 0 bridgehead atoms. The maximum atomic E-state index is 12.4. The van der Waals surface area contributed by atoms with Crippen LogP contribution in [-0.2, 0) is 14.3 Å². The molecule has 2 aliphatic rings. The molecule has 0 radical (unpaired) electrons. The molecule has 3 rings (SSSR count). The predicted molar refractivity (Wildman–Crippen MR) is 96.9 cm³/mol. The van der Waals surface area contributed by atoms with Gasteiger partial charge in [0.15, 0.2) is 6.61 Å². The number of nitrogens with zero attached hydrogens (tertiary/aromatic N) is 1. The zero-order valence-electron chi connectivity index (χ0n) is 15.6. The summed E-state index contributed by atoms with van der Waals surface area (Å²) in [7, 11) is 0. The maximum absolute atomic E-state index is 12.4. The summed E-state index contributed by atoms with van der Waals surface area (Å²) >= 11 is 0. The zero-order chi connectivity index (χ0) is 19.6. The number of carbonyl (C=O) groups is 4. The molecule has 144 valence electrons. The van der Waals surface area contributed by atoms with Crippen LogP contribution in [0.2, 0.25) is 0 Å². The number of nitrogens with one attached hydrogen (secondary N) is 1. The summed E-state index contributed by atoms with van der Waals surface area (Å²) in [4.78, 5) is 50.1. The van der Waals surface area contributed by atoms with Gasteiger partial charge in [0.1, 0.15) is 6.04 Å². The topological polar surface area (TPSA) is 92.8 Å². The van der Waals surface area contributed by atoms with Crippen LogP contribution in [0.25, 0.3) is 0 Å². The van der Waals surface area contributed by atoms with Crippen molar-refractivity contribution in [2.24, 2.45) is 5.92 Å². The van der Waals surface area contributed by atoms with E-state index >= 15 is 0 Å². The maximum Gasteiger partial charge on any atom is 0.329 e. The van der Waals surface area contributed by atoms with Crippen LogP contribution in [0.4, 0.5) is 0 Å². The van der Waals surface area contributed by atoms with Gasteiger partial charge in [-0.2, -0.15) is 0 Å². The lowest BCUT2D eigenvalue weighted by molar-refractivity contribution is -0.152. The fourth-order valence-electron chi connectivity index (χ4n) is 3.70. The van der Waals surface area contributed by atoms with Crippen LogP contribution >= 0.6 is 0 Å². The van der Waals surface area contributed by atoms with Crippen molar-refractivity contribution in [1.82, 2.24) is 10.2 Å². The molecule has 1 aromatic rings. The largest absolute Gasteiger partial charge is 0.454 e. The number of imide groups is 1. The van der Waals surface area contributed by atoms with Gasteiger partial charge < -0.3 is 10.1 Å². The molecule has 7 nitrogen and oxygen atoms in total. The Labute approximate surface area is 158 Å². The van der Waals surface area contributed by atoms with Crippen molar-refractivity contribution >= 4 is 23.7 Å². The smallest absolute Gasteiger partial charge is 0.329 e. The van der Waals surface area contributed by atoms with Crippen molar-refractivity contribution in [1.29, 1.82) is 0 Å². The van der Waals surface area contributed by atoms with E-state index in [1.807, 2.05) is 0 Å². The van der Waals surface area contributed by atoms with Gasteiger partial charge >= 0.3 is 5.97 Å². The van der Waals surface area contributed by atoms with E-state index in [1.165, 1.54) is 13.3 Å². The number of ether oxygens (including phenoxy) is 1. The quantitative estimate of drug-likeness (QED) is 0.630. The Morgan fingerprint density at radius 3 is 2.33 bits per heavy atom. The van der Waals surface area contributed by atoms with Crippen LogP contribution in [-0.4, -0.2) is 47.3 Å². The molecule has 1 aliphatic heterocycles. The summed E-state index contributed by atoms with van der Waals surface area (Å²) in [5, 5.41) is 2.90. The normalized spacial score (nSPS) is 23.0. The molecule has 1 aliphatic carbocycles. The monoisotopic (exact) mass is 372 g/mol. The second kappa shape index (κ2) is 7.90. The molecule has 1 aromatic carbocycles. The van der Waals surface area contributed by atoms with Gasteiger partial charge in [-0.15, -0.1) is 0 Å². The minimum absolute atomic E-state index is 0.0959. The number of carbonyl (C=O) groups excluding carboxylic acids is 4. The zero-order valence-corrected chi connectivity index (χ0v) is 15.6. The number of benzene rings is 1. The van der Waals surface area contributed by atoms with E-state index in [4.69, 9.17) is 4.74 Å². The lowest BCUT2D eigenvalue weighted by Gasteiger charge is -2.29. The molecule has 7 heteroatoms. The van der Waals surface area contributed by atoms with Gasteiger partial charge in [0, 0.05) is 6.04 Å². The van der Waals surface area contributed by atoms with E-state index in [0.717, 1.165) is 24.2 Å². The standard InChI is InChI=1S/C20H24N2O5/c1-12-7-3-6-10-16(12)21-17(23)11-27-20(26)13(2)22-18(24)14-8-4-5-9-15(14)19(22)25/h4-5,8-9,12-13,16H,3,6-7,10-11H2,1-2H3,(H,21,23)/t12-,13-,16+/m1/s1. The highest BCUT2D eigenvalue weighted by atomic mass is 16.5. The van der Waals surface area contributed by atoms with E-state index in [2.05, 4.69) is 12.2 Å². The molecule has 3 amide bonds. The lowest BCUT2D eigenvalue weighted by atomic mass is 9.86. The minimum Gasteiger partial charge on any atom is -0.454 e. The van der Waals surface area contributed by atoms with Crippen molar-refractivity contribution in [3.63, 3.8) is 0 Å². The Kier molecular flexibility index (Phi) is 5.58. The van der Waals surface area contributed by atoms with Crippen LogP contribution in [0, 0.1) is 5.92 Å². The van der Waals surface area contributed by atoms with Crippen molar-refractivity contribution in [2.45, 2.75) is 51.6 Å². The minimum atomic E-state index is -1.10. The summed E-state index contributed by atoms with van der Waals surface area (Å²) in [6.07, 6.45) is 4.24. The number of hydrogen-bond donors (Lipinski definition) is 1. The predicted octanol–water partition coefficient (Wildman–Crippen LogP) is 1.91. The molecule has 1 N–H and O–H groups in total. The Morgan fingerprint density at radius 1 is 1.15 bits per heavy atom. The lowest BCUT2D eigenvalue weighted by Crippen LogP contribution is -2.46. The average Bonchev–Trinajstić information content (AvgIpc) is 2.92. The van der Waals surface area contributed by atoms with E-state index in [1.54, 1.807) is 24.3 Å². The number of rotatable bonds is 5. The van der Waals surface area contributed by atoms with E-state index < -0.39 is 30.4 Å². The molecule has 0 spiro atoms.